The SMILES string of the molecule is Nc1ncc2c(n1)-c1ccccc1[C@H](c1ccc(Cl)c(Cl)c1)C2. The molecule has 2 aromatic carbocycles. The Labute approximate surface area is 144 Å². The van der Waals surface area contributed by atoms with Crippen molar-refractivity contribution in [1.82, 2.24) is 9.97 Å². The predicted octanol–water partition coefficient (Wildman–Crippen LogP) is 4.72. The van der Waals surface area contributed by atoms with E-state index in [9.17, 15) is 0 Å². The molecule has 1 atom stereocenters. The van der Waals surface area contributed by atoms with Crippen molar-refractivity contribution in [3.63, 3.8) is 0 Å². The maximum Gasteiger partial charge on any atom is 0.220 e. The molecule has 0 amide bonds. The van der Waals surface area contributed by atoms with Crippen LogP contribution in [0.1, 0.15) is 22.6 Å². The molecule has 0 radical (unpaired) electrons. The van der Waals surface area contributed by atoms with Crippen molar-refractivity contribution >= 4 is 29.2 Å². The summed E-state index contributed by atoms with van der Waals surface area (Å²) in [5, 5.41) is 1.14. The van der Waals surface area contributed by atoms with E-state index in [1.54, 1.807) is 0 Å². The van der Waals surface area contributed by atoms with E-state index in [4.69, 9.17) is 28.9 Å². The number of nitrogen functional groups attached to an aromatic ring is 1. The fourth-order valence-electron chi connectivity index (χ4n) is 3.18. The third-order valence-corrected chi connectivity index (χ3v) is 4.98. The molecule has 0 bridgehead atoms. The van der Waals surface area contributed by atoms with Crippen LogP contribution in [0.4, 0.5) is 5.95 Å². The molecule has 0 spiro atoms. The standard InChI is InChI=1S/C18H13Cl2N3/c19-15-6-5-10(8-16(15)20)14-7-11-9-22-18(21)23-17(11)13-4-2-1-3-12(13)14/h1-6,8-9,14H,7H2,(H2,21,22,23)/t14-/m0/s1. The van der Waals surface area contributed by atoms with Gasteiger partial charge in [-0.2, -0.15) is 0 Å². The molecule has 0 aliphatic heterocycles. The molecule has 0 saturated heterocycles. The van der Waals surface area contributed by atoms with Gasteiger partial charge in [-0.3, -0.25) is 0 Å². The Bertz CT molecular complexity index is 909. The second-order valence-electron chi connectivity index (χ2n) is 5.62. The second kappa shape index (κ2) is 5.52. The van der Waals surface area contributed by atoms with Gasteiger partial charge in [-0.25, -0.2) is 9.97 Å². The Morgan fingerprint density at radius 2 is 1.87 bits per heavy atom. The number of fused-ring (bicyclic) bond motifs is 3. The van der Waals surface area contributed by atoms with Gasteiger partial charge >= 0.3 is 0 Å². The molecule has 0 unspecified atom stereocenters. The summed E-state index contributed by atoms with van der Waals surface area (Å²) >= 11 is 12.3. The molecule has 114 valence electrons. The third kappa shape index (κ3) is 2.46. The zero-order valence-electron chi connectivity index (χ0n) is 12.1. The number of halogens is 2. The normalized spacial score (nSPS) is 15.8. The molecule has 2 N–H and O–H groups in total. The first kappa shape index (κ1) is 14.5. The number of anilines is 1. The monoisotopic (exact) mass is 341 g/mol. The summed E-state index contributed by atoms with van der Waals surface area (Å²) in [6, 6.07) is 14.1. The summed E-state index contributed by atoms with van der Waals surface area (Å²) < 4.78 is 0. The summed E-state index contributed by atoms with van der Waals surface area (Å²) in [5.41, 5.74) is 11.2. The van der Waals surface area contributed by atoms with Crippen molar-refractivity contribution in [1.29, 1.82) is 0 Å². The first-order valence-corrected chi connectivity index (χ1v) is 8.04. The summed E-state index contributed by atoms with van der Waals surface area (Å²) in [4.78, 5) is 8.58. The second-order valence-corrected chi connectivity index (χ2v) is 6.43. The van der Waals surface area contributed by atoms with Crippen molar-refractivity contribution in [3.8, 4) is 11.3 Å². The Hall–Kier alpha value is -2.10. The number of rotatable bonds is 1. The topological polar surface area (TPSA) is 51.8 Å². The van der Waals surface area contributed by atoms with E-state index in [0.717, 1.165) is 28.8 Å². The summed E-state index contributed by atoms with van der Waals surface area (Å²) in [7, 11) is 0. The lowest BCUT2D eigenvalue weighted by molar-refractivity contribution is 0.783. The van der Waals surface area contributed by atoms with Crippen LogP contribution in [0.25, 0.3) is 11.3 Å². The minimum absolute atomic E-state index is 0.195. The Kier molecular flexibility index (Phi) is 3.47. The number of aromatic nitrogens is 2. The van der Waals surface area contributed by atoms with Crippen LogP contribution in [0.3, 0.4) is 0 Å². The highest BCUT2D eigenvalue weighted by Crippen LogP contribution is 2.42. The lowest BCUT2D eigenvalue weighted by Gasteiger charge is -2.27. The zero-order chi connectivity index (χ0) is 16.0. The van der Waals surface area contributed by atoms with Crippen molar-refractivity contribution in [2.24, 2.45) is 0 Å². The van der Waals surface area contributed by atoms with E-state index in [1.807, 2.05) is 36.5 Å². The van der Waals surface area contributed by atoms with Crippen molar-refractivity contribution in [2.75, 3.05) is 5.73 Å². The predicted molar refractivity (Wildman–Crippen MR) is 93.9 cm³/mol. The van der Waals surface area contributed by atoms with Crippen molar-refractivity contribution in [2.45, 2.75) is 12.3 Å². The van der Waals surface area contributed by atoms with Crippen molar-refractivity contribution < 1.29 is 0 Å². The highest BCUT2D eigenvalue weighted by molar-refractivity contribution is 6.42. The van der Waals surface area contributed by atoms with Crippen LogP contribution in [-0.2, 0) is 6.42 Å². The van der Waals surface area contributed by atoms with E-state index in [2.05, 4.69) is 22.1 Å². The van der Waals surface area contributed by atoms with Gasteiger partial charge in [0.05, 0.1) is 15.7 Å². The van der Waals surface area contributed by atoms with Crippen LogP contribution < -0.4 is 5.73 Å². The van der Waals surface area contributed by atoms with E-state index in [1.165, 1.54) is 5.56 Å². The Morgan fingerprint density at radius 3 is 2.70 bits per heavy atom. The highest BCUT2D eigenvalue weighted by Gasteiger charge is 2.27. The van der Waals surface area contributed by atoms with Crippen LogP contribution in [0.2, 0.25) is 10.0 Å². The Morgan fingerprint density at radius 1 is 1.04 bits per heavy atom. The molecule has 1 aromatic heterocycles. The summed E-state index contributed by atoms with van der Waals surface area (Å²) in [5.74, 6) is 0.493. The quantitative estimate of drug-likeness (QED) is 0.696. The van der Waals surface area contributed by atoms with E-state index >= 15 is 0 Å². The molecular formula is C18H13Cl2N3. The highest BCUT2D eigenvalue weighted by atomic mass is 35.5. The van der Waals surface area contributed by atoms with Crippen LogP contribution in [0.5, 0.6) is 0 Å². The zero-order valence-corrected chi connectivity index (χ0v) is 13.6. The largest absolute Gasteiger partial charge is 0.368 e. The van der Waals surface area contributed by atoms with Gasteiger partial charge in [-0.15, -0.1) is 0 Å². The van der Waals surface area contributed by atoms with Gasteiger partial charge in [0.2, 0.25) is 5.95 Å². The number of nitrogens with two attached hydrogens (primary N) is 1. The van der Waals surface area contributed by atoms with Crippen LogP contribution >= 0.6 is 23.2 Å². The van der Waals surface area contributed by atoms with Gasteiger partial charge < -0.3 is 5.73 Å². The minimum Gasteiger partial charge on any atom is -0.368 e. The molecular weight excluding hydrogens is 329 g/mol. The molecule has 1 aliphatic rings. The molecule has 23 heavy (non-hydrogen) atoms. The average Bonchev–Trinajstić information content (AvgIpc) is 2.57. The van der Waals surface area contributed by atoms with Crippen molar-refractivity contribution in [3.05, 3.63) is 75.4 Å². The van der Waals surface area contributed by atoms with Crippen LogP contribution in [0.15, 0.2) is 48.7 Å². The van der Waals surface area contributed by atoms with Gasteiger partial charge in [0, 0.05) is 17.7 Å². The first-order valence-electron chi connectivity index (χ1n) is 7.29. The lowest BCUT2D eigenvalue weighted by Crippen LogP contribution is -2.15. The fourth-order valence-corrected chi connectivity index (χ4v) is 3.48. The van der Waals surface area contributed by atoms with Crippen LogP contribution in [0, 0.1) is 0 Å². The third-order valence-electron chi connectivity index (χ3n) is 4.24. The van der Waals surface area contributed by atoms with Crippen LogP contribution in [-0.4, -0.2) is 9.97 Å². The van der Waals surface area contributed by atoms with Gasteiger partial charge in [-0.05, 0) is 35.2 Å². The van der Waals surface area contributed by atoms with E-state index in [0.29, 0.717) is 16.0 Å². The summed E-state index contributed by atoms with van der Waals surface area (Å²) in [6.45, 7) is 0. The number of hydrogen-bond donors (Lipinski definition) is 1. The molecule has 0 saturated carbocycles. The molecule has 0 fully saturated rings. The number of nitrogens with zero attached hydrogens (tertiary/aromatic N) is 2. The van der Waals surface area contributed by atoms with Gasteiger partial charge in [0.15, 0.2) is 0 Å². The maximum absolute atomic E-state index is 6.21. The maximum atomic E-state index is 6.21. The smallest absolute Gasteiger partial charge is 0.220 e. The van der Waals surface area contributed by atoms with E-state index < -0.39 is 0 Å². The minimum atomic E-state index is 0.195. The molecule has 1 aliphatic carbocycles. The molecule has 3 aromatic rings. The fraction of sp³-hybridized carbons (Fsp3) is 0.111. The molecule has 1 heterocycles. The van der Waals surface area contributed by atoms with Gasteiger partial charge in [0.1, 0.15) is 0 Å². The summed E-state index contributed by atoms with van der Waals surface area (Å²) in [6.07, 6.45) is 2.63. The molecule has 3 nitrogen and oxygen atoms in total. The Balaban J connectivity index is 1.90. The van der Waals surface area contributed by atoms with Gasteiger partial charge in [0.25, 0.3) is 0 Å². The lowest BCUT2D eigenvalue weighted by atomic mass is 9.78. The van der Waals surface area contributed by atoms with E-state index in [-0.39, 0.29) is 5.92 Å². The number of hydrogen-bond acceptors (Lipinski definition) is 3. The molecule has 5 heteroatoms. The first-order chi connectivity index (χ1) is 11.1. The number of benzene rings is 2. The van der Waals surface area contributed by atoms with Gasteiger partial charge in [-0.1, -0.05) is 53.5 Å². The molecule has 4 rings (SSSR count). The average molecular weight is 342 g/mol.